The number of nitrogens with one attached hydrogen (secondary N) is 1. The van der Waals surface area contributed by atoms with Gasteiger partial charge in [0, 0.05) is 9.61 Å². The molecule has 1 aromatic carbocycles. The maximum Gasteiger partial charge on any atom is 0.338 e. The van der Waals surface area contributed by atoms with E-state index in [1.54, 1.807) is 12.1 Å². The van der Waals surface area contributed by atoms with Crippen LogP contribution in [0.2, 0.25) is 0 Å². The van der Waals surface area contributed by atoms with E-state index >= 15 is 0 Å². The summed E-state index contributed by atoms with van der Waals surface area (Å²) in [7, 11) is 0. The minimum Gasteiger partial charge on any atom is -0.452 e. The number of esters is 1. The number of ether oxygens (including phenoxy) is 1. The van der Waals surface area contributed by atoms with E-state index in [2.05, 4.69) is 27.9 Å². The molecule has 1 atom stereocenters. The Hall–Kier alpha value is -1.11. The van der Waals surface area contributed by atoms with Crippen molar-refractivity contribution < 1.29 is 14.3 Å². The van der Waals surface area contributed by atoms with E-state index in [0.29, 0.717) is 5.56 Å². The van der Waals surface area contributed by atoms with E-state index in [4.69, 9.17) is 4.74 Å². The molecule has 1 amide bonds. The lowest BCUT2D eigenvalue weighted by atomic mass is 10.2. The smallest absolute Gasteiger partial charge is 0.338 e. The van der Waals surface area contributed by atoms with Crippen molar-refractivity contribution in [3.8, 4) is 0 Å². The molecule has 0 fully saturated rings. The van der Waals surface area contributed by atoms with Gasteiger partial charge in [0.2, 0.25) is 0 Å². The average Bonchev–Trinajstić information content (AvgIpc) is 2.36. The molecule has 0 aliphatic carbocycles. The molecule has 1 rings (SSSR count). The first-order chi connectivity index (χ1) is 8.52. The highest BCUT2D eigenvalue weighted by molar-refractivity contribution is 14.1. The van der Waals surface area contributed by atoms with Gasteiger partial charge in [0.1, 0.15) is 0 Å². The van der Waals surface area contributed by atoms with Gasteiger partial charge in [-0.25, -0.2) is 4.79 Å². The molecule has 0 unspecified atom stereocenters. The van der Waals surface area contributed by atoms with Crippen molar-refractivity contribution in [1.29, 1.82) is 0 Å². The summed E-state index contributed by atoms with van der Waals surface area (Å²) in [4.78, 5) is 23.0. The molecule has 18 heavy (non-hydrogen) atoms. The lowest BCUT2D eigenvalue weighted by molar-refractivity contribution is -0.124. The Labute approximate surface area is 120 Å². The number of hydrogen-bond acceptors (Lipinski definition) is 3. The average molecular weight is 361 g/mol. The largest absolute Gasteiger partial charge is 0.452 e. The number of halogens is 1. The molecular formula is C13H16INO3. The lowest BCUT2D eigenvalue weighted by Gasteiger charge is -2.11. The first kappa shape index (κ1) is 14.9. The zero-order valence-corrected chi connectivity index (χ0v) is 12.6. The van der Waals surface area contributed by atoms with Crippen molar-refractivity contribution in [3.05, 3.63) is 33.4 Å². The summed E-state index contributed by atoms with van der Waals surface area (Å²) in [6.07, 6.45) is 0.844. The summed E-state index contributed by atoms with van der Waals surface area (Å²) in [5.74, 6) is -0.756. The van der Waals surface area contributed by atoms with Crippen LogP contribution in [0.5, 0.6) is 0 Å². The maximum atomic E-state index is 11.6. The molecule has 0 aromatic heterocycles. The van der Waals surface area contributed by atoms with Crippen LogP contribution in [0.15, 0.2) is 24.3 Å². The van der Waals surface area contributed by atoms with Crippen molar-refractivity contribution in [3.63, 3.8) is 0 Å². The third-order valence-electron chi connectivity index (χ3n) is 2.43. The summed E-state index contributed by atoms with van der Waals surface area (Å²) in [5, 5.41) is 2.73. The summed E-state index contributed by atoms with van der Waals surface area (Å²) < 4.78 is 5.96. The summed E-state index contributed by atoms with van der Waals surface area (Å²) in [5.41, 5.74) is 0.451. The second-order valence-corrected chi connectivity index (χ2v) is 5.21. The second-order valence-electron chi connectivity index (χ2n) is 3.96. The fraction of sp³-hybridized carbons (Fsp3) is 0.385. The Morgan fingerprint density at radius 3 is 2.50 bits per heavy atom. The van der Waals surface area contributed by atoms with Crippen LogP contribution >= 0.6 is 22.6 Å². The Bertz CT molecular complexity index is 417. The van der Waals surface area contributed by atoms with Gasteiger partial charge in [0.15, 0.2) is 6.61 Å². The van der Waals surface area contributed by atoms with Gasteiger partial charge in [-0.05, 0) is 60.2 Å². The van der Waals surface area contributed by atoms with Crippen LogP contribution < -0.4 is 5.32 Å². The zero-order chi connectivity index (χ0) is 13.5. The van der Waals surface area contributed by atoms with Gasteiger partial charge in [0.25, 0.3) is 5.91 Å². The molecule has 0 saturated carbocycles. The van der Waals surface area contributed by atoms with Crippen molar-refractivity contribution in [2.75, 3.05) is 6.61 Å². The van der Waals surface area contributed by atoms with Crippen LogP contribution in [-0.2, 0) is 9.53 Å². The van der Waals surface area contributed by atoms with E-state index in [1.165, 1.54) is 0 Å². The monoisotopic (exact) mass is 361 g/mol. The number of rotatable bonds is 5. The van der Waals surface area contributed by atoms with Gasteiger partial charge in [-0.2, -0.15) is 0 Å². The van der Waals surface area contributed by atoms with Crippen LogP contribution in [0.3, 0.4) is 0 Å². The maximum absolute atomic E-state index is 11.6. The van der Waals surface area contributed by atoms with Crippen molar-refractivity contribution in [2.45, 2.75) is 26.3 Å². The predicted octanol–water partition coefficient (Wildman–Crippen LogP) is 2.36. The first-order valence-corrected chi connectivity index (χ1v) is 6.83. The highest BCUT2D eigenvalue weighted by Gasteiger charge is 2.11. The molecule has 0 heterocycles. The molecule has 1 aromatic rings. The molecule has 4 nitrogen and oxygen atoms in total. The predicted molar refractivity (Wildman–Crippen MR) is 77.3 cm³/mol. The molecule has 98 valence electrons. The first-order valence-electron chi connectivity index (χ1n) is 5.75. The minimum atomic E-state index is -0.481. The fourth-order valence-corrected chi connectivity index (χ4v) is 1.58. The van der Waals surface area contributed by atoms with Gasteiger partial charge in [-0.3, -0.25) is 4.79 Å². The van der Waals surface area contributed by atoms with Crippen LogP contribution in [0.4, 0.5) is 0 Å². The van der Waals surface area contributed by atoms with E-state index < -0.39 is 5.97 Å². The summed E-state index contributed by atoms with van der Waals surface area (Å²) >= 11 is 2.15. The van der Waals surface area contributed by atoms with Crippen LogP contribution in [0.1, 0.15) is 30.6 Å². The minimum absolute atomic E-state index is 0.0921. The standard InChI is InChI=1S/C13H16INO3/c1-3-9(2)15-12(16)8-18-13(17)10-4-6-11(14)7-5-10/h4-7,9H,3,8H2,1-2H3,(H,15,16)/t9-/m0/s1. The van der Waals surface area contributed by atoms with Crippen molar-refractivity contribution in [1.82, 2.24) is 5.32 Å². The SMILES string of the molecule is CC[C@H](C)NC(=O)COC(=O)c1ccc(I)cc1. The van der Waals surface area contributed by atoms with E-state index in [9.17, 15) is 9.59 Å². The zero-order valence-electron chi connectivity index (χ0n) is 10.4. The molecule has 1 N–H and O–H groups in total. The molecule has 0 saturated heterocycles. The Morgan fingerprint density at radius 1 is 1.33 bits per heavy atom. The third kappa shape index (κ3) is 5.03. The van der Waals surface area contributed by atoms with E-state index in [1.807, 2.05) is 26.0 Å². The number of benzene rings is 1. The molecule has 0 aliphatic heterocycles. The van der Waals surface area contributed by atoms with Gasteiger partial charge in [-0.1, -0.05) is 6.92 Å². The molecule has 0 spiro atoms. The summed E-state index contributed by atoms with van der Waals surface area (Å²) in [6, 6.07) is 7.08. The van der Waals surface area contributed by atoms with Gasteiger partial charge in [-0.15, -0.1) is 0 Å². The fourth-order valence-electron chi connectivity index (χ4n) is 1.22. The molecule has 5 heteroatoms. The molecule has 0 radical (unpaired) electrons. The summed E-state index contributed by atoms with van der Waals surface area (Å²) in [6.45, 7) is 3.64. The topological polar surface area (TPSA) is 55.4 Å². The van der Waals surface area contributed by atoms with Crippen molar-refractivity contribution in [2.24, 2.45) is 0 Å². The Balaban J connectivity index is 2.41. The van der Waals surface area contributed by atoms with E-state index in [-0.39, 0.29) is 18.6 Å². The highest BCUT2D eigenvalue weighted by atomic mass is 127. The van der Waals surface area contributed by atoms with E-state index in [0.717, 1.165) is 9.99 Å². The van der Waals surface area contributed by atoms with Gasteiger partial charge < -0.3 is 10.1 Å². The lowest BCUT2D eigenvalue weighted by Crippen LogP contribution is -2.35. The number of carbonyl (C=O) groups is 2. The quantitative estimate of drug-likeness (QED) is 0.647. The van der Waals surface area contributed by atoms with Gasteiger partial charge >= 0.3 is 5.97 Å². The molecule has 0 aliphatic rings. The van der Waals surface area contributed by atoms with Crippen LogP contribution in [-0.4, -0.2) is 24.5 Å². The Morgan fingerprint density at radius 2 is 1.94 bits per heavy atom. The molecule has 0 bridgehead atoms. The molecular weight excluding hydrogens is 345 g/mol. The van der Waals surface area contributed by atoms with Crippen molar-refractivity contribution >= 4 is 34.5 Å². The number of amides is 1. The number of hydrogen-bond donors (Lipinski definition) is 1. The van der Waals surface area contributed by atoms with Crippen LogP contribution in [0.25, 0.3) is 0 Å². The third-order valence-corrected chi connectivity index (χ3v) is 3.15. The second kappa shape index (κ2) is 7.35. The van der Waals surface area contributed by atoms with Gasteiger partial charge in [0.05, 0.1) is 5.56 Å². The normalized spacial score (nSPS) is 11.7. The highest BCUT2D eigenvalue weighted by Crippen LogP contribution is 2.07. The van der Waals surface area contributed by atoms with Crippen LogP contribution in [0, 0.1) is 3.57 Å². The Kier molecular flexibility index (Phi) is 6.11. The number of carbonyl (C=O) groups excluding carboxylic acids is 2.